The zero-order chi connectivity index (χ0) is 9.97. The summed E-state index contributed by atoms with van der Waals surface area (Å²) in [5.74, 6) is 0.692. The van der Waals surface area contributed by atoms with E-state index in [0.29, 0.717) is 11.5 Å². The maximum Gasteiger partial charge on any atom is 0.156 e. The summed E-state index contributed by atoms with van der Waals surface area (Å²) in [7, 11) is 0. The molecular formula is C10H11N3O. The highest BCUT2D eigenvalue weighted by Crippen LogP contribution is 2.13. The molecule has 0 aliphatic heterocycles. The van der Waals surface area contributed by atoms with E-state index in [9.17, 15) is 0 Å². The quantitative estimate of drug-likeness (QED) is 0.747. The van der Waals surface area contributed by atoms with Crippen molar-refractivity contribution in [1.82, 2.24) is 15.0 Å². The fourth-order valence-electron chi connectivity index (χ4n) is 1.24. The van der Waals surface area contributed by atoms with Gasteiger partial charge in [-0.15, -0.1) is 0 Å². The number of aromatic amines is 1. The van der Waals surface area contributed by atoms with Crippen molar-refractivity contribution in [2.45, 2.75) is 13.5 Å². The van der Waals surface area contributed by atoms with Crippen molar-refractivity contribution in [1.29, 1.82) is 0 Å². The standard InChI is InChI=1S/C10H11N3O/c1-7-2-3-11-9(4-7)10-12-5-8(6-14)13-10/h2-5,14H,6H2,1H3,(H,12,13). The number of rotatable bonds is 2. The van der Waals surface area contributed by atoms with Gasteiger partial charge in [-0.1, -0.05) is 0 Å². The fraction of sp³-hybridized carbons (Fsp3) is 0.200. The van der Waals surface area contributed by atoms with Crippen molar-refractivity contribution in [2.75, 3.05) is 0 Å². The van der Waals surface area contributed by atoms with Gasteiger partial charge in [-0.2, -0.15) is 0 Å². The molecule has 2 heterocycles. The highest BCUT2D eigenvalue weighted by molar-refractivity contribution is 5.50. The molecule has 4 nitrogen and oxygen atoms in total. The van der Waals surface area contributed by atoms with E-state index in [1.54, 1.807) is 12.4 Å². The van der Waals surface area contributed by atoms with Crippen LogP contribution in [0.25, 0.3) is 11.5 Å². The first-order valence-electron chi connectivity index (χ1n) is 4.37. The van der Waals surface area contributed by atoms with Gasteiger partial charge in [-0.25, -0.2) is 4.98 Å². The Balaban J connectivity index is 2.39. The van der Waals surface area contributed by atoms with Crippen molar-refractivity contribution in [2.24, 2.45) is 0 Å². The largest absolute Gasteiger partial charge is 0.390 e. The van der Waals surface area contributed by atoms with E-state index in [-0.39, 0.29) is 6.61 Å². The van der Waals surface area contributed by atoms with Crippen molar-refractivity contribution in [3.05, 3.63) is 35.8 Å². The molecule has 2 N–H and O–H groups in total. The average molecular weight is 189 g/mol. The van der Waals surface area contributed by atoms with Gasteiger partial charge in [0.05, 0.1) is 18.5 Å². The van der Waals surface area contributed by atoms with Crippen LogP contribution in [-0.2, 0) is 6.61 Å². The average Bonchev–Trinajstić information content (AvgIpc) is 2.66. The first kappa shape index (κ1) is 8.90. The molecule has 0 spiro atoms. The van der Waals surface area contributed by atoms with Crippen molar-refractivity contribution in [3.8, 4) is 11.5 Å². The van der Waals surface area contributed by atoms with E-state index >= 15 is 0 Å². The van der Waals surface area contributed by atoms with Gasteiger partial charge in [0.1, 0.15) is 5.69 Å². The van der Waals surface area contributed by atoms with Crippen LogP contribution in [0.1, 0.15) is 11.3 Å². The van der Waals surface area contributed by atoms with Crippen molar-refractivity contribution in [3.63, 3.8) is 0 Å². The topological polar surface area (TPSA) is 61.8 Å². The molecule has 0 aliphatic rings. The molecule has 4 heteroatoms. The Morgan fingerprint density at radius 2 is 2.29 bits per heavy atom. The van der Waals surface area contributed by atoms with Crippen LogP contribution in [0.5, 0.6) is 0 Å². The maximum atomic E-state index is 8.86. The molecule has 0 saturated heterocycles. The van der Waals surface area contributed by atoms with Gasteiger partial charge in [0.15, 0.2) is 5.82 Å². The summed E-state index contributed by atoms with van der Waals surface area (Å²) >= 11 is 0. The molecule has 0 aliphatic carbocycles. The number of H-pyrrole nitrogens is 1. The van der Waals surface area contributed by atoms with Gasteiger partial charge >= 0.3 is 0 Å². The monoisotopic (exact) mass is 189 g/mol. The summed E-state index contributed by atoms with van der Waals surface area (Å²) in [4.78, 5) is 11.3. The molecule has 0 atom stereocenters. The molecule has 0 fully saturated rings. The molecule has 2 rings (SSSR count). The second-order valence-corrected chi connectivity index (χ2v) is 3.13. The van der Waals surface area contributed by atoms with Crippen LogP contribution in [0.3, 0.4) is 0 Å². The number of nitrogens with one attached hydrogen (secondary N) is 1. The lowest BCUT2D eigenvalue weighted by atomic mass is 10.2. The van der Waals surface area contributed by atoms with Gasteiger partial charge < -0.3 is 10.1 Å². The molecule has 2 aromatic rings. The number of aliphatic hydroxyl groups excluding tert-OH is 1. The smallest absolute Gasteiger partial charge is 0.156 e. The fourth-order valence-corrected chi connectivity index (χ4v) is 1.24. The first-order chi connectivity index (χ1) is 6.79. The van der Waals surface area contributed by atoms with Crippen LogP contribution in [0.2, 0.25) is 0 Å². The van der Waals surface area contributed by atoms with Gasteiger partial charge in [0.2, 0.25) is 0 Å². The summed E-state index contributed by atoms with van der Waals surface area (Å²) < 4.78 is 0. The normalized spacial score (nSPS) is 10.4. The Hall–Kier alpha value is -1.68. The number of nitrogens with zero attached hydrogens (tertiary/aromatic N) is 2. The number of pyridine rings is 1. The van der Waals surface area contributed by atoms with E-state index in [0.717, 1.165) is 11.3 Å². The summed E-state index contributed by atoms with van der Waals surface area (Å²) in [6.45, 7) is 1.97. The number of hydrogen-bond acceptors (Lipinski definition) is 3. The molecule has 0 radical (unpaired) electrons. The lowest BCUT2D eigenvalue weighted by Crippen LogP contribution is -1.87. The molecule has 14 heavy (non-hydrogen) atoms. The highest BCUT2D eigenvalue weighted by Gasteiger charge is 2.03. The van der Waals surface area contributed by atoms with Crippen LogP contribution in [-0.4, -0.2) is 20.1 Å². The number of aliphatic hydroxyl groups is 1. The predicted molar refractivity (Wildman–Crippen MR) is 52.5 cm³/mol. The summed E-state index contributed by atoms with van der Waals surface area (Å²) in [5.41, 5.74) is 2.63. The van der Waals surface area contributed by atoms with E-state index in [4.69, 9.17) is 5.11 Å². The predicted octanol–water partition coefficient (Wildman–Crippen LogP) is 1.27. The minimum Gasteiger partial charge on any atom is -0.390 e. The van der Waals surface area contributed by atoms with E-state index in [1.165, 1.54) is 0 Å². The van der Waals surface area contributed by atoms with Gasteiger partial charge in [-0.3, -0.25) is 4.98 Å². The summed E-state index contributed by atoms with van der Waals surface area (Å²) in [5, 5.41) is 8.86. The first-order valence-corrected chi connectivity index (χ1v) is 4.37. The number of hydrogen-bond donors (Lipinski definition) is 2. The number of imidazole rings is 1. The Morgan fingerprint density at radius 1 is 1.43 bits per heavy atom. The Bertz CT molecular complexity index is 436. The van der Waals surface area contributed by atoms with Gasteiger partial charge in [0, 0.05) is 6.20 Å². The van der Waals surface area contributed by atoms with E-state index in [1.807, 2.05) is 19.1 Å². The van der Waals surface area contributed by atoms with Gasteiger partial charge in [0.25, 0.3) is 0 Å². The second-order valence-electron chi connectivity index (χ2n) is 3.13. The third kappa shape index (κ3) is 1.65. The molecule has 0 unspecified atom stereocenters. The molecule has 72 valence electrons. The molecular weight excluding hydrogens is 178 g/mol. The summed E-state index contributed by atoms with van der Waals surface area (Å²) in [6, 6.07) is 3.87. The number of aromatic nitrogens is 3. The van der Waals surface area contributed by atoms with Crippen molar-refractivity contribution < 1.29 is 5.11 Å². The van der Waals surface area contributed by atoms with Crippen LogP contribution in [0.15, 0.2) is 24.5 Å². The van der Waals surface area contributed by atoms with E-state index in [2.05, 4.69) is 15.0 Å². The Labute approximate surface area is 81.7 Å². The molecule has 0 saturated carbocycles. The van der Waals surface area contributed by atoms with Crippen LogP contribution in [0.4, 0.5) is 0 Å². The van der Waals surface area contributed by atoms with Crippen LogP contribution in [0, 0.1) is 6.92 Å². The highest BCUT2D eigenvalue weighted by atomic mass is 16.3. The third-order valence-corrected chi connectivity index (χ3v) is 1.96. The van der Waals surface area contributed by atoms with E-state index < -0.39 is 0 Å². The second kappa shape index (κ2) is 3.59. The van der Waals surface area contributed by atoms with Crippen LogP contribution >= 0.6 is 0 Å². The molecule has 0 amide bonds. The zero-order valence-corrected chi connectivity index (χ0v) is 7.86. The lowest BCUT2D eigenvalue weighted by Gasteiger charge is -1.96. The SMILES string of the molecule is Cc1ccnc(-c2ncc(CO)[nH]2)c1. The molecule has 0 bridgehead atoms. The van der Waals surface area contributed by atoms with Gasteiger partial charge in [-0.05, 0) is 24.6 Å². The third-order valence-electron chi connectivity index (χ3n) is 1.96. The molecule has 2 aromatic heterocycles. The maximum absolute atomic E-state index is 8.86. The Morgan fingerprint density at radius 3 is 2.93 bits per heavy atom. The minimum absolute atomic E-state index is 0.0290. The zero-order valence-electron chi connectivity index (χ0n) is 7.86. The van der Waals surface area contributed by atoms with Crippen LogP contribution < -0.4 is 0 Å². The summed E-state index contributed by atoms with van der Waals surface area (Å²) in [6.07, 6.45) is 3.35. The lowest BCUT2D eigenvalue weighted by molar-refractivity contribution is 0.277. The molecule has 0 aromatic carbocycles. The minimum atomic E-state index is -0.0290. The van der Waals surface area contributed by atoms with Crippen molar-refractivity contribution >= 4 is 0 Å². The number of aryl methyl sites for hydroxylation is 1. The Kier molecular flexibility index (Phi) is 2.28.